The molecule has 0 bridgehead atoms. The minimum atomic E-state index is -2.82. The lowest BCUT2D eigenvalue weighted by Crippen LogP contribution is -2.36. The Bertz CT molecular complexity index is 679. The van der Waals surface area contributed by atoms with Crippen molar-refractivity contribution < 1.29 is 13.5 Å². The molecule has 1 heterocycles. The van der Waals surface area contributed by atoms with Crippen LogP contribution in [0.5, 0.6) is 5.75 Å². The maximum atomic E-state index is 12.2. The van der Waals surface area contributed by atoms with Gasteiger partial charge in [-0.2, -0.15) is 8.78 Å². The summed E-state index contributed by atoms with van der Waals surface area (Å²) in [5.41, 5.74) is 0.834. The second-order valence-electron chi connectivity index (χ2n) is 5.03. The number of halogens is 3. The lowest BCUT2D eigenvalue weighted by molar-refractivity contribution is -0.0498. The van der Waals surface area contributed by atoms with Gasteiger partial charge in [-0.3, -0.25) is 4.99 Å². The molecule has 2 rings (SSSR count). The zero-order valence-electron chi connectivity index (χ0n) is 14.1. The second kappa shape index (κ2) is 11.2. The van der Waals surface area contributed by atoms with Crippen LogP contribution < -0.4 is 15.4 Å². The molecule has 0 saturated carbocycles. The summed E-state index contributed by atoms with van der Waals surface area (Å²) in [6, 6.07) is 10.8. The number of guanidine groups is 1. The third-order valence-electron chi connectivity index (χ3n) is 3.30. The zero-order valence-corrected chi connectivity index (χ0v) is 17.2. The van der Waals surface area contributed by atoms with Crippen LogP contribution in [0.2, 0.25) is 0 Å². The minimum absolute atomic E-state index is 0. The van der Waals surface area contributed by atoms with E-state index in [0.717, 1.165) is 12.0 Å². The summed E-state index contributed by atoms with van der Waals surface area (Å²) in [4.78, 5) is 6.75. The molecule has 0 radical (unpaired) electrons. The Morgan fingerprint density at radius 1 is 1.16 bits per heavy atom. The first-order chi connectivity index (χ1) is 11.6. The third-order valence-corrected chi connectivity index (χ3v) is 4.53. The van der Waals surface area contributed by atoms with Crippen LogP contribution >= 0.6 is 35.3 Å². The number of hydrogen-bond donors (Lipinski definition) is 2. The van der Waals surface area contributed by atoms with Crippen molar-refractivity contribution in [3.05, 3.63) is 51.7 Å². The number of ether oxygens (including phenoxy) is 1. The van der Waals surface area contributed by atoms with Crippen molar-refractivity contribution in [2.75, 3.05) is 7.05 Å². The van der Waals surface area contributed by atoms with E-state index in [4.69, 9.17) is 0 Å². The van der Waals surface area contributed by atoms with Crippen molar-refractivity contribution in [2.45, 2.75) is 33.0 Å². The Morgan fingerprint density at radius 2 is 1.88 bits per heavy atom. The largest absolute Gasteiger partial charge is 0.435 e. The molecule has 0 saturated heterocycles. The summed E-state index contributed by atoms with van der Waals surface area (Å²) < 4.78 is 28.9. The molecule has 0 amide bonds. The minimum Gasteiger partial charge on any atom is -0.435 e. The van der Waals surface area contributed by atoms with Crippen molar-refractivity contribution in [3.63, 3.8) is 0 Å². The van der Waals surface area contributed by atoms with Crippen LogP contribution in [0.1, 0.15) is 22.2 Å². The van der Waals surface area contributed by atoms with Crippen molar-refractivity contribution in [3.8, 4) is 5.75 Å². The number of nitrogens with zero attached hydrogens (tertiary/aromatic N) is 1. The molecule has 4 nitrogen and oxygen atoms in total. The van der Waals surface area contributed by atoms with Crippen molar-refractivity contribution >= 4 is 41.3 Å². The average Bonchev–Trinajstić information content (AvgIpc) is 3.03. The number of thiophene rings is 1. The van der Waals surface area contributed by atoms with Crippen molar-refractivity contribution in [1.82, 2.24) is 10.6 Å². The molecule has 0 atom stereocenters. The fraction of sp³-hybridized carbons (Fsp3) is 0.353. The van der Waals surface area contributed by atoms with Crippen LogP contribution in [0.15, 0.2) is 41.4 Å². The Labute approximate surface area is 167 Å². The number of aliphatic imine (C=N–C) groups is 1. The van der Waals surface area contributed by atoms with Crippen molar-refractivity contribution in [2.24, 2.45) is 4.99 Å². The molecule has 0 unspecified atom stereocenters. The van der Waals surface area contributed by atoms with Gasteiger partial charge in [0.25, 0.3) is 0 Å². The standard InChI is InChI=1S/C17H21F2N3OS.HI/c1-3-14-7-8-15(24-14)11-22-17(20-2)21-10-12-5-4-6-13(9-12)23-16(18)19;/h4-9,16H,3,10-11H2,1-2H3,(H2,20,21,22);1H. The first-order valence-electron chi connectivity index (χ1n) is 7.66. The van der Waals surface area contributed by atoms with E-state index in [9.17, 15) is 8.78 Å². The molecule has 0 aliphatic heterocycles. The average molecular weight is 481 g/mol. The summed E-state index contributed by atoms with van der Waals surface area (Å²) >= 11 is 1.77. The maximum absolute atomic E-state index is 12.2. The van der Waals surface area contributed by atoms with Crippen LogP contribution in [0.3, 0.4) is 0 Å². The van der Waals surface area contributed by atoms with E-state index in [2.05, 4.69) is 39.4 Å². The first-order valence-corrected chi connectivity index (χ1v) is 8.48. The molecular weight excluding hydrogens is 459 g/mol. The summed E-state index contributed by atoms with van der Waals surface area (Å²) in [6.07, 6.45) is 1.04. The molecule has 8 heteroatoms. The van der Waals surface area contributed by atoms with Gasteiger partial charge in [-0.1, -0.05) is 19.1 Å². The molecule has 0 aliphatic rings. The normalized spacial score (nSPS) is 11.2. The van der Waals surface area contributed by atoms with Gasteiger partial charge in [-0.05, 0) is 36.2 Å². The highest BCUT2D eigenvalue weighted by Crippen LogP contribution is 2.17. The Kier molecular flexibility index (Phi) is 9.73. The summed E-state index contributed by atoms with van der Waals surface area (Å²) in [5.74, 6) is 0.805. The van der Waals surface area contributed by atoms with Gasteiger partial charge in [0.05, 0.1) is 6.54 Å². The maximum Gasteiger partial charge on any atom is 0.387 e. The van der Waals surface area contributed by atoms with Gasteiger partial charge >= 0.3 is 6.61 Å². The third kappa shape index (κ3) is 7.55. The van der Waals surface area contributed by atoms with Crippen LogP contribution in [0.25, 0.3) is 0 Å². The molecule has 2 N–H and O–H groups in total. The molecule has 2 aromatic rings. The quantitative estimate of drug-likeness (QED) is 0.350. The molecule has 1 aromatic heterocycles. The second-order valence-corrected chi connectivity index (χ2v) is 6.28. The highest BCUT2D eigenvalue weighted by Gasteiger charge is 2.05. The highest BCUT2D eigenvalue weighted by molar-refractivity contribution is 14.0. The van der Waals surface area contributed by atoms with E-state index < -0.39 is 6.61 Å². The van der Waals surface area contributed by atoms with Crippen LogP contribution in [-0.2, 0) is 19.5 Å². The molecule has 25 heavy (non-hydrogen) atoms. The molecular formula is C17H22F2IN3OS. The molecule has 0 fully saturated rings. The SMILES string of the molecule is CCc1ccc(CNC(=NC)NCc2cccc(OC(F)F)c2)s1.I. The van der Waals surface area contributed by atoms with E-state index in [0.29, 0.717) is 19.0 Å². The van der Waals surface area contributed by atoms with Gasteiger partial charge in [0.1, 0.15) is 5.75 Å². The van der Waals surface area contributed by atoms with E-state index in [1.807, 2.05) is 6.07 Å². The van der Waals surface area contributed by atoms with Gasteiger partial charge in [0, 0.05) is 23.3 Å². The number of aryl methyl sites for hydroxylation is 1. The van der Waals surface area contributed by atoms with Crippen molar-refractivity contribution in [1.29, 1.82) is 0 Å². The Hall–Kier alpha value is -1.42. The molecule has 0 aliphatic carbocycles. The van der Waals surface area contributed by atoms with Gasteiger partial charge in [0.15, 0.2) is 5.96 Å². The van der Waals surface area contributed by atoms with E-state index in [1.54, 1.807) is 30.5 Å². The van der Waals surface area contributed by atoms with Gasteiger partial charge < -0.3 is 15.4 Å². The molecule has 138 valence electrons. The Morgan fingerprint density at radius 3 is 2.52 bits per heavy atom. The van der Waals surface area contributed by atoms with Crippen LogP contribution in [0.4, 0.5) is 8.78 Å². The Balaban J connectivity index is 0.00000312. The summed E-state index contributed by atoms with van der Waals surface area (Å²) in [7, 11) is 1.69. The lowest BCUT2D eigenvalue weighted by atomic mass is 10.2. The van der Waals surface area contributed by atoms with E-state index in [1.165, 1.54) is 15.8 Å². The van der Waals surface area contributed by atoms with Gasteiger partial charge in [-0.25, -0.2) is 0 Å². The number of hydrogen-bond acceptors (Lipinski definition) is 3. The van der Waals surface area contributed by atoms with Gasteiger partial charge in [-0.15, -0.1) is 35.3 Å². The van der Waals surface area contributed by atoms with Crippen LogP contribution in [0, 0.1) is 0 Å². The highest BCUT2D eigenvalue weighted by atomic mass is 127. The lowest BCUT2D eigenvalue weighted by Gasteiger charge is -2.12. The van der Waals surface area contributed by atoms with Gasteiger partial charge in [0.2, 0.25) is 0 Å². The molecule has 0 spiro atoms. The van der Waals surface area contributed by atoms with Crippen LogP contribution in [-0.4, -0.2) is 19.6 Å². The first kappa shape index (κ1) is 21.6. The smallest absolute Gasteiger partial charge is 0.387 e. The van der Waals surface area contributed by atoms with E-state index in [-0.39, 0.29) is 29.7 Å². The summed E-state index contributed by atoms with van der Waals surface area (Å²) in [5, 5.41) is 6.40. The number of nitrogens with one attached hydrogen (secondary N) is 2. The fourth-order valence-electron chi connectivity index (χ4n) is 2.12. The predicted octanol–water partition coefficient (Wildman–Crippen LogP) is 4.40. The van der Waals surface area contributed by atoms with E-state index >= 15 is 0 Å². The number of alkyl halides is 2. The summed E-state index contributed by atoms with van der Waals surface area (Å²) in [6.45, 7) is 0.473. The fourth-order valence-corrected chi connectivity index (χ4v) is 3.01. The molecule has 1 aromatic carbocycles. The monoisotopic (exact) mass is 481 g/mol. The number of benzene rings is 1. The zero-order chi connectivity index (χ0) is 17.4. The topological polar surface area (TPSA) is 45.7 Å². The predicted molar refractivity (Wildman–Crippen MR) is 109 cm³/mol. The number of rotatable bonds is 7.